The number of nitrogens with zero attached hydrogens (tertiary/aromatic N) is 1. The van der Waals surface area contributed by atoms with Crippen molar-refractivity contribution in [2.24, 2.45) is 0 Å². The van der Waals surface area contributed by atoms with Gasteiger partial charge in [0.2, 0.25) is 0 Å². The van der Waals surface area contributed by atoms with E-state index in [2.05, 4.69) is 10.2 Å². The first-order valence-electron chi connectivity index (χ1n) is 8.06. The Kier molecular flexibility index (Phi) is 6.18. The maximum atomic E-state index is 13.1. The zero-order chi connectivity index (χ0) is 15.7. The van der Waals surface area contributed by atoms with Crippen LogP contribution < -0.4 is 10.1 Å². The SMILES string of the molecule is CC(C)Oc1ccc(Cl)cc1C(=O)N1C2CCNCC1CC2.Cl. The number of rotatable bonds is 3. The van der Waals surface area contributed by atoms with Gasteiger partial charge in [-0.1, -0.05) is 11.6 Å². The Bertz CT molecular complexity index is 552. The maximum Gasteiger partial charge on any atom is 0.258 e. The van der Waals surface area contributed by atoms with Gasteiger partial charge in [-0.3, -0.25) is 4.79 Å². The number of nitrogens with one attached hydrogen (secondary N) is 1. The van der Waals surface area contributed by atoms with Gasteiger partial charge in [-0.2, -0.15) is 0 Å². The van der Waals surface area contributed by atoms with E-state index in [1.54, 1.807) is 18.2 Å². The van der Waals surface area contributed by atoms with E-state index in [0.29, 0.717) is 22.4 Å². The number of hydrogen-bond donors (Lipinski definition) is 1. The Hall–Kier alpha value is -0.970. The number of hydrogen-bond acceptors (Lipinski definition) is 3. The van der Waals surface area contributed by atoms with Crippen LogP contribution in [0.4, 0.5) is 0 Å². The maximum absolute atomic E-state index is 13.1. The van der Waals surface area contributed by atoms with E-state index in [1.807, 2.05) is 13.8 Å². The summed E-state index contributed by atoms with van der Waals surface area (Å²) >= 11 is 6.12. The van der Waals surface area contributed by atoms with Crippen LogP contribution in [0.25, 0.3) is 0 Å². The second-order valence-electron chi connectivity index (χ2n) is 6.40. The molecule has 23 heavy (non-hydrogen) atoms. The molecular weight excluding hydrogens is 335 g/mol. The predicted octanol–water partition coefficient (Wildman–Crippen LogP) is 3.52. The molecule has 0 saturated carbocycles. The highest BCUT2D eigenvalue weighted by Crippen LogP contribution is 2.33. The molecule has 0 aliphatic carbocycles. The summed E-state index contributed by atoms with van der Waals surface area (Å²) in [5, 5.41) is 3.99. The molecular formula is C17H24Cl2N2O2. The molecule has 2 atom stereocenters. The number of ether oxygens (including phenoxy) is 1. The molecule has 2 heterocycles. The third kappa shape index (κ3) is 3.93. The largest absolute Gasteiger partial charge is 0.490 e. The molecule has 0 aromatic heterocycles. The Morgan fingerprint density at radius 2 is 2.04 bits per heavy atom. The Balaban J connectivity index is 0.00000192. The average Bonchev–Trinajstić information content (AvgIpc) is 2.73. The lowest BCUT2D eigenvalue weighted by atomic mass is 10.1. The fraction of sp³-hybridized carbons (Fsp3) is 0.588. The van der Waals surface area contributed by atoms with Gasteiger partial charge in [0.1, 0.15) is 5.75 Å². The Labute approximate surface area is 148 Å². The molecule has 4 nitrogen and oxygen atoms in total. The smallest absolute Gasteiger partial charge is 0.258 e. The second-order valence-corrected chi connectivity index (χ2v) is 6.83. The number of amides is 1. The van der Waals surface area contributed by atoms with E-state index in [1.165, 1.54) is 0 Å². The Morgan fingerprint density at radius 1 is 1.30 bits per heavy atom. The lowest BCUT2D eigenvalue weighted by molar-refractivity contribution is 0.0674. The third-order valence-corrected chi connectivity index (χ3v) is 4.66. The lowest BCUT2D eigenvalue weighted by Crippen LogP contribution is -2.42. The van der Waals surface area contributed by atoms with Gasteiger partial charge < -0.3 is 15.0 Å². The first-order valence-corrected chi connectivity index (χ1v) is 8.43. The van der Waals surface area contributed by atoms with Crippen molar-refractivity contribution < 1.29 is 9.53 Å². The van der Waals surface area contributed by atoms with Gasteiger partial charge >= 0.3 is 0 Å². The zero-order valence-electron chi connectivity index (χ0n) is 13.5. The summed E-state index contributed by atoms with van der Waals surface area (Å²) in [6.45, 7) is 5.78. The minimum absolute atomic E-state index is 0. The summed E-state index contributed by atoms with van der Waals surface area (Å²) in [5.74, 6) is 0.676. The molecule has 0 radical (unpaired) electrons. The van der Waals surface area contributed by atoms with Crippen LogP contribution in [0.5, 0.6) is 5.75 Å². The van der Waals surface area contributed by atoms with Crippen molar-refractivity contribution >= 4 is 29.9 Å². The van der Waals surface area contributed by atoms with Crippen molar-refractivity contribution in [2.75, 3.05) is 13.1 Å². The summed E-state index contributed by atoms with van der Waals surface area (Å²) in [4.78, 5) is 15.2. The van der Waals surface area contributed by atoms with Gasteiger partial charge in [0, 0.05) is 23.7 Å². The second kappa shape index (κ2) is 7.73. The topological polar surface area (TPSA) is 41.6 Å². The molecule has 2 aliphatic heterocycles. The van der Waals surface area contributed by atoms with E-state index >= 15 is 0 Å². The lowest BCUT2D eigenvalue weighted by Gasteiger charge is -2.29. The van der Waals surface area contributed by atoms with Crippen molar-refractivity contribution in [2.45, 2.75) is 51.3 Å². The molecule has 128 valence electrons. The highest BCUT2D eigenvalue weighted by molar-refractivity contribution is 6.31. The normalized spacial score (nSPS) is 23.4. The Morgan fingerprint density at radius 3 is 2.78 bits per heavy atom. The van der Waals surface area contributed by atoms with Gasteiger partial charge in [0.25, 0.3) is 5.91 Å². The van der Waals surface area contributed by atoms with E-state index in [9.17, 15) is 4.79 Å². The molecule has 6 heteroatoms. The minimum atomic E-state index is 0. The van der Waals surface area contributed by atoms with E-state index < -0.39 is 0 Å². The van der Waals surface area contributed by atoms with Crippen LogP contribution >= 0.6 is 24.0 Å². The summed E-state index contributed by atoms with van der Waals surface area (Å²) < 4.78 is 5.81. The van der Waals surface area contributed by atoms with E-state index in [-0.39, 0.29) is 30.5 Å². The number of carbonyl (C=O) groups is 1. The molecule has 0 spiro atoms. The van der Waals surface area contributed by atoms with Crippen molar-refractivity contribution in [1.29, 1.82) is 0 Å². The van der Waals surface area contributed by atoms with Crippen LogP contribution in [0.2, 0.25) is 5.02 Å². The van der Waals surface area contributed by atoms with Gasteiger partial charge in [-0.15, -0.1) is 12.4 Å². The van der Waals surface area contributed by atoms with Crippen LogP contribution in [0, 0.1) is 0 Å². The van der Waals surface area contributed by atoms with Crippen molar-refractivity contribution in [3.05, 3.63) is 28.8 Å². The van der Waals surface area contributed by atoms with E-state index in [4.69, 9.17) is 16.3 Å². The zero-order valence-corrected chi connectivity index (χ0v) is 15.1. The van der Waals surface area contributed by atoms with Crippen molar-refractivity contribution in [1.82, 2.24) is 10.2 Å². The number of benzene rings is 1. The summed E-state index contributed by atoms with van der Waals surface area (Å²) in [6.07, 6.45) is 3.21. The fourth-order valence-corrected chi connectivity index (χ4v) is 3.65. The molecule has 2 bridgehead atoms. The van der Waals surface area contributed by atoms with Crippen LogP contribution in [-0.2, 0) is 0 Å². The van der Waals surface area contributed by atoms with Crippen LogP contribution in [0.1, 0.15) is 43.5 Å². The first-order chi connectivity index (χ1) is 10.6. The number of fused-ring (bicyclic) bond motifs is 2. The van der Waals surface area contributed by atoms with Crippen LogP contribution in [-0.4, -0.2) is 42.1 Å². The van der Waals surface area contributed by atoms with Gasteiger partial charge in [-0.05, 0) is 57.9 Å². The molecule has 1 amide bonds. The standard InChI is InChI=1S/C17H23ClN2O2.ClH/c1-11(2)22-16-6-3-12(18)9-15(16)17(21)20-13-4-5-14(20)10-19-8-7-13;/h3,6,9,11,13-14,19H,4-5,7-8,10H2,1-2H3;1H. The number of halogens is 2. The average molecular weight is 359 g/mol. The quantitative estimate of drug-likeness (QED) is 0.898. The van der Waals surface area contributed by atoms with E-state index in [0.717, 1.165) is 32.4 Å². The number of carbonyl (C=O) groups excluding carboxylic acids is 1. The minimum Gasteiger partial charge on any atom is -0.490 e. The third-order valence-electron chi connectivity index (χ3n) is 4.42. The first kappa shape index (κ1) is 18.4. The fourth-order valence-electron chi connectivity index (χ4n) is 3.48. The highest BCUT2D eigenvalue weighted by Gasteiger charge is 2.39. The molecule has 1 aromatic carbocycles. The van der Waals surface area contributed by atoms with Gasteiger partial charge in [0.15, 0.2) is 0 Å². The molecule has 1 aromatic rings. The molecule has 2 fully saturated rings. The van der Waals surface area contributed by atoms with Crippen molar-refractivity contribution in [3.63, 3.8) is 0 Å². The van der Waals surface area contributed by atoms with Gasteiger partial charge in [-0.25, -0.2) is 0 Å². The molecule has 2 unspecified atom stereocenters. The summed E-state index contributed by atoms with van der Waals surface area (Å²) in [5.41, 5.74) is 0.583. The summed E-state index contributed by atoms with van der Waals surface area (Å²) in [7, 11) is 0. The molecule has 1 N–H and O–H groups in total. The molecule has 3 rings (SSSR count). The van der Waals surface area contributed by atoms with Crippen LogP contribution in [0.15, 0.2) is 18.2 Å². The van der Waals surface area contributed by atoms with Crippen LogP contribution in [0.3, 0.4) is 0 Å². The van der Waals surface area contributed by atoms with Crippen molar-refractivity contribution in [3.8, 4) is 5.75 Å². The monoisotopic (exact) mass is 358 g/mol. The molecule has 2 aliphatic rings. The van der Waals surface area contributed by atoms with Gasteiger partial charge in [0.05, 0.1) is 11.7 Å². The summed E-state index contributed by atoms with van der Waals surface area (Å²) in [6, 6.07) is 5.92. The molecule has 2 saturated heterocycles. The highest BCUT2D eigenvalue weighted by atomic mass is 35.5. The predicted molar refractivity (Wildman–Crippen MR) is 94.9 cm³/mol.